The summed E-state index contributed by atoms with van der Waals surface area (Å²) in [6.07, 6.45) is -1.80. The van der Waals surface area contributed by atoms with Crippen molar-refractivity contribution in [3.8, 4) is 11.5 Å². The first-order valence-corrected chi connectivity index (χ1v) is 11.1. The average molecular weight is 486 g/mol. The number of aromatic nitrogens is 1. The Morgan fingerprint density at radius 3 is 2.40 bits per heavy atom. The van der Waals surface area contributed by atoms with Crippen LogP contribution >= 0.6 is 0 Å². The molecule has 5 rings (SSSR count). The number of amides is 1. The number of nitrogens with zero attached hydrogens (tertiary/aromatic N) is 1. The first kappa shape index (κ1) is 23.0. The highest BCUT2D eigenvalue weighted by molar-refractivity contribution is 5.72. The number of carbonyl (C=O) groups is 1. The van der Waals surface area contributed by atoms with Crippen molar-refractivity contribution in [2.75, 3.05) is 13.7 Å². The van der Waals surface area contributed by atoms with Crippen molar-refractivity contribution in [2.24, 2.45) is 5.92 Å². The highest BCUT2D eigenvalue weighted by Gasteiger charge is 2.40. The summed E-state index contributed by atoms with van der Waals surface area (Å²) in [5.74, 6) is -1.19. The van der Waals surface area contributed by atoms with Gasteiger partial charge in [-0.25, -0.2) is 9.18 Å². The summed E-state index contributed by atoms with van der Waals surface area (Å²) in [6, 6.07) is 11.6. The van der Waals surface area contributed by atoms with E-state index in [4.69, 9.17) is 9.47 Å². The van der Waals surface area contributed by atoms with Crippen molar-refractivity contribution in [1.82, 2.24) is 9.88 Å². The van der Waals surface area contributed by atoms with Crippen LogP contribution in [-0.4, -0.2) is 35.8 Å². The van der Waals surface area contributed by atoms with Gasteiger partial charge in [0.25, 0.3) is 0 Å². The highest BCUT2D eigenvalue weighted by atomic mass is 19.4. The van der Waals surface area contributed by atoms with Crippen LogP contribution in [0.2, 0.25) is 0 Å². The van der Waals surface area contributed by atoms with Gasteiger partial charge < -0.3 is 14.5 Å². The van der Waals surface area contributed by atoms with Crippen LogP contribution in [0.5, 0.6) is 11.5 Å². The maximum atomic E-state index is 13.4. The quantitative estimate of drug-likeness (QED) is 0.557. The van der Waals surface area contributed by atoms with Crippen molar-refractivity contribution in [1.29, 1.82) is 0 Å². The number of methoxy groups -OCH3 is 1. The van der Waals surface area contributed by atoms with E-state index in [0.29, 0.717) is 29.8 Å². The van der Waals surface area contributed by atoms with Crippen LogP contribution in [0, 0.1) is 11.7 Å². The molecule has 1 N–H and O–H groups in total. The van der Waals surface area contributed by atoms with E-state index in [-0.39, 0.29) is 12.2 Å². The van der Waals surface area contributed by atoms with Gasteiger partial charge in [0.2, 0.25) is 0 Å². The number of alkyl halides is 3. The van der Waals surface area contributed by atoms with Gasteiger partial charge in [-0.1, -0.05) is 18.2 Å². The predicted octanol–water partition coefficient (Wildman–Crippen LogP) is 4.45. The Labute approximate surface area is 198 Å². The second-order valence-corrected chi connectivity index (χ2v) is 8.54. The Morgan fingerprint density at radius 2 is 1.74 bits per heavy atom. The minimum absolute atomic E-state index is 0.121. The topological polar surface area (TPSA) is 54.6 Å². The molecule has 35 heavy (non-hydrogen) atoms. The average Bonchev–Trinajstić information content (AvgIpc) is 3.22. The van der Waals surface area contributed by atoms with E-state index in [9.17, 15) is 22.4 Å². The Hall–Kier alpha value is -3.75. The summed E-state index contributed by atoms with van der Waals surface area (Å²) in [4.78, 5) is 17.9. The van der Waals surface area contributed by atoms with Crippen LogP contribution in [-0.2, 0) is 6.42 Å². The Balaban J connectivity index is 1.57. The molecule has 3 aromatic rings. The van der Waals surface area contributed by atoms with E-state index in [1.165, 1.54) is 35.2 Å². The number of ether oxygens (including phenoxy) is 2. The van der Waals surface area contributed by atoms with Gasteiger partial charge in [0.15, 0.2) is 0 Å². The van der Waals surface area contributed by atoms with Gasteiger partial charge in [-0.05, 0) is 71.7 Å². The summed E-state index contributed by atoms with van der Waals surface area (Å²) >= 11 is 0. The minimum atomic E-state index is -4.33. The number of hydrogen-bond donors (Lipinski definition) is 1. The molecule has 1 aliphatic carbocycles. The van der Waals surface area contributed by atoms with Gasteiger partial charge in [0.1, 0.15) is 23.4 Å². The zero-order valence-electron chi connectivity index (χ0n) is 18.7. The van der Waals surface area contributed by atoms with E-state index < -0.39 is 30.0 Å². The van der Waals surface area contributed by atoms with Crippen LogP contribution in [0.15, 0.2) is 48.5 Å². The fraction of sp³-hybridized carbons (Fsp3) is 0.269. The lowest BCUT2D eigenvalue weighted by molar-refractivity contribution is -0.155. The third-order valence-electron chi connectivity index (χ3n) is 6.45. The fourth-order valence-corrected chi connectivity index (χ4v) is 4.71. The molecule has 1 amide bonds. The van der Waals surface area contributed by atoms with Crippen molar-refractivity contribution in [2.45, 2.75) is 25.1 Å². The van der Waals surface area contributed by atoms with Crippen molar-refractivity contribution >= 4 is 18.2 Å². The van der Waals surface area contributed by atoms with Crippen LogP contribution in [0.1, 0.15) is 29.3 Å². The maximum absolute atomic E-state index is 13.4. The van der Waals surface area contributed by atoms with Gasteiger partial charge in [-0.15, -0.1) is 0 Å². The van der Waals surface area contributed by atoms with Crippen molar-refractivity contribution < 1.29 is 31.8 Å². The van der Waals surface area contributed by atoms with Gasteiger partial charge >= 0.3 is 12.3 Å². The molecule has 2 atom stereocenters. The monoisotopic (exact) mass is 486 g/mol. The molecular formula is C26H22F4N2O3. The number of rotatable bonds is 3. The summed E-state index contributed by atoms with van der Waals surface area (Å²) in [5, 5.41) is 1.17. The maximum Gasteiger partial charge on any atom is 0.416 e. The molecule has 0 saturated carbocycles. The molecule has 2 heterocycles. The van der Waals surface area contributed by atoms with Crippen LogP contribution in [0.4, 0.5) is 22.4 Å². The van der Waals surface area contributed by atoms with Crippen LogP contribution < -0.4 is 20.0 Å². The van der Waals surface area contributed by atoms with E-state index in [2.05, 4.69) is 4.98 Å². The lowest BCUT2D eigenvalue weighted by atomic mass is 9.91. The van der Waals surface area contributed by atoms with Gasteiger partial charge in [0, 0.05) is 17.6 Å². The molecule has 0 fully saturated rings. The molecule has 0 bridgehead atoms. The van der Waals surface area contributed by atoms with Crippen molar-refractivity contribution in [3.63, 3.8) is 0 Å². The molecule has 0 spiro atoms. The number of carbonyl (C=O) groups excluding carboxylic acids is 1. The lowest BCUT2D eigenvalue weighted by Gasteiger charge is -2.35. The number of H-pyrrole nitrogens is 1. The number of fused-ring (bicyclic) bond motifs is 3. The number of aromatic amines is 1. The lowest BCUT2D eigenvalue weighted by Crippen LogP contribution is -2.43. The second kappa shape index (κ2) is 8.79. The van der Waals surface area contributed by atoms with E-state index in [1.807, 2.05) is 12.1 Å². The number of nitrogens with one attached hydrogen (secondary N) is 1. The molecule has 9 heteroatoms. The summed E-state index contributed by atoms with van der Waals surface area (Å²) in [6.45, 7) is 0.296. The summed E-state index contributed by atoms with van der Waals surface area (Å²) < 4.78 is 64.1. The highest BCUT2D eigenvalue weighted by Crippen LogP contribution is 2.35. The minimum Gasteiger partial charge on any atom is -0.497 e. The number of benzene rings is 2. The predicted molar refractivity (Wildman–Crippen MR) is 121 cm³/mol. The first-order chi connectivity index (χ1) is 16.7. The molecular weight excluding hydrogens is 464 g/mol. The zero-order valence-corrected chi connectivity index (χ0v) is 18.7. The molecule has 1 aromatic heterocycles. The third kappa shape index (κ3) is 4.38. The Morgan fingerprint density at radius 1 is 1.06 bits per heavy atom. The third-order valence-corrected chi connectivity index (χ3v) is 6.45. The number of hydrogen-bond acceptors (Lipinski definition) is 3. The molecule has 2 aromatic carbocycles. The molecule has 5 nitrogen and oxygen atoms in total. The zero-order chi connectivity index (χ0) is 24.7. The Bertz CT molecular complexity index is 1360. The van der Waals surface area contributed by atoms with Crippen LogP contribution in [0.25, 0.3) is 12.2 Å². The SMILES string of the molecule is COc1ccc(C2c3[nH]c4c(c3CCN2C(=O)Oc2ccc(F)cc2)=CCC(C(F)(F)F)C=4)cc1. The van der Waals surface area contributed by atoms with E-state index in [0.717, 1.165) is 16.3 Å². The van der Waals surface area contributed by atoms with Crippen molar-refractivity contribution in [3.05, 3.63) is 81.7 Å². The fourth-order valence-electron chi connectivity index (χ4n) is 4.71. The summed E-state index contributed by atoms with van der Waals surface area (Å²) in [7, 11) is 1.54. The molecule has 1 aliphatic heterocycles. The van der Waals surface area contributed by atoms with E-state index >= 15 is 0 Å². The summed E-state index contributed by atoms with van der Waals surface area (Å²) in [5.41, 5.74) is 2.29. The first-order valence-electron chi connectivity index (χ1n) is 11.1. The molecule has 0 saturated heterocycles. The largest absolute Gasteiger partial charge is 0.497 e. The standard InChI is InChI=1S/C26H22F4N2O3/c1-34-18-7-2-15(3-8-18)24-23-21(20-11-4-16(26(28,29)30)14-22(20)31-23)12-13-32(24)25(33)35-19-9-5-17(27)6-10-19/h2-3,5-11,14,16,24,31H,4,12-13H2,1H3. The smallest absolute Gasteiger partial charge is 0.416 e. The normalized spacial score (nSPS) is 19.2. The second-order valence-electron chi connectivity index (χ2n) is 8.54. The van der Waals surface area contributed by atoms with Crippen LogP contribution in [0.3, 0.4) is 0 Å². The van der Waals surface area contributed by atoms with E-state index in [1.54, 1.807) is 25.3 Å². The molecule has 182 valence electrons. The van der Waals surface area contributed by atoms with Gasteiger partial charge in [0.05, 0.1) is 13.0 Å². The molecule has 2 unspecified atom stereocenters. The number of halogens is 4. The molecule has 0 radical (unpaired) electrons. The molecule has 2 aliphatic rings. The van der Waals surface area contributed by atoms with Gasteiger partial charge in [-0.3, -0.25) is 4.90 Å². The Kier molecular flexibility index (Phi) is 5.78. The van der Waals surface area contributed by atoms with Gasteiger partial charge in [-0.2, -0.15) is 13.2 Å².